The van der Waals surface area contributed by atoms with Crippen LogP contribution >= 0.6 is 0 Å². The van der Waals surface area contributed by atoms with Crippen molar-refractivity contribution in [2.75, 3.05) is 6.61 Å². The van der Waals surface area contributed by atoms with Crippen LogP contribution in [0.4, 0.5) is 0 Å². The third kappa shape index (κ3) is 4.84. The molecule has 21 heavy (non-hydrogen) atoms. The van der Waals surface area contributed by atoms with Crippen LogP contribution in [0.1, 0.15) is 46.9 Å². The summed E-state index contributed by atoms with van der Waals surface area (Å²) in [5.74, 6) is -2.04. The number of ether oxygens (including phenoxy) is 1. The SMILES string of the molecule is CCCCC(OC(=O)c1ccccc1C(=O)O)C(O)CO. The van der Waals surface area contributed by atoms with E-state index in [1.165, 1.54) is 24.3 Å². The third-order valence-electron chi connectivity index (χ3n) is 3.09. The van der Waals surface area contributed by atoms with Crippen molar-refractivity contribution < 1.29 is 29.6 Å². The molecule has 0 amide bonds. The van der Waals surface area contributed by atoms with Crippen molar-refractivity contribution in [2.24, 2.45) is 0 Å². The Hall–Kier alpha value is -1.92. The van der Waals surface area contributed by atoms with Gasteiger partial charge in [0.25, 0.3) is 0 Å². The zero-order valence-electron chi connectivity index (χ0n) is 11.9. The lowest BCUT2D eigenvalue weighted by Crippen LogP contribution is -2.34. The molecule has 2 unspecified atom stereocenters. The van der Waals surface area contributed by atoms with Gasteiger partial charge in [0.15, 0.2) is 0 Å². The molecular formula is C15H20O6. The second kappa shape index (κ2) is 8.39. The van der Waals surface area contributed by atoms with Crippen LogP contribution < -0.4 is 0 Å². The number of carbonyl (C=O) groups is 2. The number of benzene rings is 1. The van der Waals surface area contributed by atoms with E-state index in [1.807, 2.05) is 6.92 Å². The van der Waals surface area contributed by atoms with E-state index in [2.05, 4.69) is 0 Å². The van der Waals surface area contributed by atoms with Crippen molar-refractivity contribution in [1.82, 2.24) is 0 Å². The summed E-state index contributed by atoms with van der Waals surface area (Å²) < 4.78 is 5.17. The van der Waals surface area contributed by atoms with Crippen molar-refractivity contribution in [3.63, 3.8) is 0 Å². The lowest BCUT2D eigenvalue weighted by Gasteiger charge is -2.22. The Kier molecular flexibility index (Phi) is 6.84. The van der Waals surface area contributed by atoms with Gasteiger partial charge < -0.3 is 20.1 Å². The summed E-state index contributed by atoms with van der Waals surface area (Å²) in [5, 5.41) is 27.7. The molecule has 1 rings (SSSR count). The Morgan fingerprint density at radius 2 is 1.86 bits per heavy atom. The first-order valence-corrected chi connectivity index (χ1v) is 6.83. The van der Waals surface area contributed by atoms with E-state index in [0.29, 0.717) is 6.42 Å². The number of carboxylic acids is 1. The van der Waals surface area contributed by atoms with Crippen molar-refractivity contribution in [2.45, 2.75) is 38.4 Å². The fourth-order valence-corrected chi connectivity index (χ4v) is 1.90. The highest BCUT2D eigenvalue weighted by Gasteiger charge is 2.25. The third-order valence-corrected chi connectivity index (χ3v) is 3.09. The molecule has 0 aliphatic heterocycles. The largest absolute Gasteiger partial charge is 0.478 e. The lowest BCUT2D eigenvalue weighted by atomic mass is 10.1. The van der Waals surface area contributed by atoms with Gasteiger partial charge in [-0.2, -0.15) is 0 Å². The van der Waals surface area contributed by atoms with Crippen molar-refractivity contribution in [3.8, 4) is 0 Å². The van der Waals surface area contributed by atoms with E-state index >= 15 is 0 Å². The molecule has 0 aromatic heterocycles. The predicted molar refractivity (Wildman–Crippen MR) is 75.2 cm³/mol. The lowest BCUT2D eigenvalue weighted by molar-refractivity contribution is -0.0407. The molecule has 1 aromatic rings. The van der Waals surface area contributed by atoms with Gasteiger partial charge in [0.05, 0.1) is 17.7 Å². The van der Waals surface area contributed by atoms with Gasteiger partial charge in [0.2, 0.25) is 0 Å². The van der Waals surface area contributed by atoms with Gasteiger partial charge in [-0.05, 0) is 25.0 Å². The Labute approximate surface area is 123 Å². The quantitative estimate of drug-likeness (QED) is 0.627. The van der Waals surface area contributed by atoms with E-state index in [4.69, 9.17) is 14.9 Å². The highest BCUT2D eigenvalue weighted by atomic mass is 16.6. The zero-order chi connectivity index (χ0) is 15.8. The first kappa shape index (κ1) is 17.1. The average Bonchev–Trinajstić information content (AvgIpc) is 2.50. The summed E-state index contributed by atoms with van der Waals surface area (Å²) in [4.78, 5) is 23.2. The van der Waals surface area contributed by atoms with Crippen LogP contribution in [0.2, 0.25) is 0 Å². The molecule has 0 bridgehead atoms. The Morgan fingerprint density at radius 1 is 1.24 bits per heavy atom. The average molecular weight is 296 g/mol. The number of carboxylic acid groups (broad SMARTS) is 1. The topological polar surface area (TPSA) is 104 Å². The number of aliphatic hydroxyl groups excluding tert-OH is 2. The monoisotopic (exact) mass is 296 g/mol. The molecule has 116 valence electrons. The number of hydrogen-bond acceptors (Lipinski definition) is 5. The van der Waals surface area contributed by atoms with Crippen molar-refractivity contribution in [1.29, 1.82) is 0 Å². The summed E-state index contributed by atoms with van der Waals surface area (Å²) in [6.45, 7) is 1.42. The Morgan fingerprint density at radius 3 is 2.38 bits per heavy atom. The van der Waals surface area contributed by atoms with Crippen molar-refractivity contribution >= 4 is 11.9 Å². The fourth-order valence-electron chi connectivity index (χ4n) is 1.90. The van der Waals surface area contributed by atoms with Gasteiger partial charge in [-0.1, -0.05) is 25.5 Å². The minimum Gasteiger partial charge on any atom is -0.478 e. The molecule has 0 spiro atoms. The second-order valence-electron chi connectivity index (χ2n) is 4.69. The maximum Gasteiger partial charge on any atom is 0.339 e. The van der Waals surface area contributed by atoms with Crippen LogP contribution in [-0.4, -0.2) is 46.1 Å². The van der Waals surface area contributed by atoms with Gasteiger partial charge >= 0.3 is 11.9 Å². The molecule has 0 heterocycles. The normalized spacial score (nSPS) is 13.5. The first-order chi connectivity index (χ1) is 10.0. The molecule has 0 saturated carbocycles. The van der Waals surface area contributed by atoms with Gasteiger partial charge in [-0.3, -0.25) is 0 Å². The molecule has 1 aromatic carbocycles. The zero-order valence-corrected chi connectivity index (χ0v) is 11.9. The number of carbonyl (C=O) groups excluding carboxylic acids is 1. The fraction of sp³-hybridized carbons (Fsp3) is 0.467. The minimum absolute atomic E-state index is 0.0726. The minimum atomic E-state index is -1.23. The maximum atomic E-state index is 12.1. The summed E-state index contributed by atoms with van der Waals surface area (Å²) in [6, 6.07) is 5.71. The molecule has 6 heteroatoms. The van der Waals surface area contributed by atoms with Gasteiger partial charge in [0.1, 0.15) is 12.2 Å². The van der Waals surface area contributed by atoms with E-state index in [0.717, 1.165) is 12.8 Å². The van der Waals surface area contributed by atoms with Crippen LogP contribution in [0.3, 0.4) is 0 Å². The highest BCUT2D eigenvalue weighted by molar-refractivity contribution is 6.02. The molecule has 0 aliphatic rings. The molecular weight excluding hydrogens is 276 g/mol. The standard InChI is InChI=1S/C15H20O6/c1-2-3-8-13(12(17)9-16)21-15(20)11-7-5-4-6-10(11)14(18)19/h4-7,12-13,16-17H,2-3,8-9H2,1H3,(H,18,19). The Balaban J connectivity index is 2.89. The summed E-state index contributed by atoms with van der Waals surface area (Å²) in [7, 11) is 0. The first-order valence-electron chi connectivity index (χ1n) is 6.83. The molecule has 0 saturated heterocycles. The highest BCUT2D eigenvalue weighted by Crippen LogP contribution is 2.15. The number of esters is 1. The Bertz CT molecular complexity index is 485. The predicted octanol–water partition coefficient (Wildman–Crippen LogP) is 1.45. The van der Waals surface area contributed by atoms with Crippen LogP contribution in [0.5, 0.6) is 0 Å². The summed E-state index contributed by atoms with van der Waals surface area (Å²) in [5.41, 5.74) is -0.230. The molecule has 3 N–H and O–H groups in total. The summed E-state index contributed by atoms with van der Waals surface area (Å²) in [6.07, 6.45) is -0.0750. The number of rotatable bonds is 8. The summed E-state index contributed by atoms with van der Waals surface area (Å²) >= 11 is 0. The maximum absolute atomic E-state index is 12.1. The van der Waals surface area contributed by atoms with Crippen molar-refractivity contribution in [3.05, 3.63) is 35.4 Å². The van der Waals surface area contributed by atoms with E-state index < -0.39 is 30.8 Å². The van der Waals surface area contributed by atoms with E-state index in [9.17, 15) is 14.7 Å². The molecule has 0 radical (unpaired) electrons. The molecule has 2 atom stereocenters. The van der Waals surface area contributed by atoms with Crippen LogP contribution in [0.15, 0.2) is 24.3 Å². The van der Waals surface area contributed by atoms with E-state index in [-0.39, 0.29) is 11.1 Å². The molecule has 0 fully saturated rings. The second-order valence-corrected chi connectivity index (χ2v) is 4.69. The van der Waals surface area contributed by atoms with Crippen LogP contribution in [-0.2, 0) is 4.74 Å². The smallest absolute Gasteiger partial charge is 0.339 e. The van der Waals surface area contributed by atoms with Gasteiger partial charge in [0, 0.05) is 0 Å². The molecule has 6 nitrogen and oxygen atoms in total. The number of unbranched alkanes of at least 4 members (excludes halogenated alkanes) is 1. The van der Waals surface area contributed by atoms with Crippen LogP contribution in [0, 0.1) is 0 Å². The van der Waals surface area contributed by atoms with Gasteiger partial charge in [-0.15, -0.1) is 0 Å². The number of hydrogen-bond donors (Lipinski definition) is 3. The number of aromatic carboxylic acids is 1. The van der Waals surface area contributed by atoms with Crippen LogP contribution in [0.25, 0.3) is 0 Å². The van der Waals surface area contributed by atoms with E-state index in [1.54, 1.807) is 0 Å². The van der Waals surface area contributed by atoms with Gasteiger partial charge in [-0.25, -0.2) is 9.59 Å². The molecule has 0 aliphatic carbocycles. The number of aliphatic hydroxyl groups is 2.